The van der Waals surface area contributed by atoms with Crippen LogP contribution in [0.2, 0.25) is 0 Å². The molecule has 4 bridgehead atoms. The van der Waals surface area contributed by atoms with E-state index in [0.717, 1.165) is 35.5 Å². The van der Waals surface area contributed by atoms with Gasteiger partial charge in [-0.25, -0.2) is 0 Å². The molecule has 1 saturated heterocycles. The summed E-state index contributed by atoms with van der Waals surface area (Å²) < 4.78 is 18.0. The first-order valence-corrected chi connectivity index (χ1v) is 13.1. The van der Waals surface area contributed by atoms with Gasteiger partial charge in [-0.15, -0.1) is 0 Å². The van der Waals surface area contributed by atoms with E-state index in [0.29, 0.717) is 50.7 Å². The highest BCUT2D eigenvalue weighted by Gasteiger charge is 2.38. The number of amides is 1. The second-order valence-electron chi connectivity index (χ2n) is 10.5. The van der Waals surface area contributed by atoms with Gasteiger partial charge in [0.1, 0.15) is 11.5 Å². The van der Waals surface area contributed by atoms with Crippen molar-refractivity contribution in [3.8, 4) is 11.5 Å². The van der Waals surface area contributed by atoms with E-state index in [-0.39, 0.29) is 24.0 Å². The second kappa shape index (κ2) is 10.1. The van der Waals surface area contributed by atoms with Crippen molar-refractivity contribution in [3.63, 3.8) is 0 Å². The molecule has 1 amide bonds. The van der Waals surface area contributed by atoms with Crippen molar-refractivity contribution in [2.45, 2.75) is 63.9 Å². The van der Waals surface area contributed by atoms with Crippen LogP contribution in [0.15, 0.2) is 53.1 Å². The number of hydrogen-bond donors (Lipinski definition) is 1. The zero-order valence-electron chi connectivity index (χ0n) is 21.3. The zero-order valence-corrected chi connectivity index (χ0v) is 21.3. The maximum Gasteiger partial charge on any atom is 0.266 e. The van der Waals surface area contributed by atoms with Crippen molar-refractivity contribution >= 4 is 11.9 Å². The molecule has 1 aromatic heterocycles. The van der Waals surface area contributed by atoms with Gasteiger partial charge in [-0.2, -0.15) is 4.98 Å². The van der Waals surface area contributed by atoms with Crippen molar-refractivity contribution in [1.82, 2.24) is 20.4 Å². The van der Waals surface area contributed by atoms with E-state index >= 15 is 0 Å². The van der Waals surface area contributed by atoms with Gasteiger partial charge in [-0.05, 0) is 53.4 Å². The Morgan fingerprint density at radius 1 is 1.00 bits per heavy atom. The highest BCUT2D eigenvalue weighted by atomic mass is 16.5. The number of aromatic nitrogens is 2. The normalized spacial score (nSPS) is 23.0. The Hall–Kier alpha value is -3.43. The third kappa shape index (κ3) is 5.62. The van der Waals surface area contributed by atoms with E-state index in [4.69, 9.17) is 14.0 Å². The third-order valence-corrected chi connectivity index (χ3v) is 7.11. The Morgan fingerprint density at radius 3 is 2.49 bits per heavy atom. The first-order valence-electron chi connectivity index (χ1n) is 13.1. The van der Waals surface area contributed by atoms with Crippen LogP contribution in [0, 0.1) is 0 Å². The summed E-state index contributed by atoms with van der Waals surface area (Å²) in [5.74, 6) is 2.85. The molecular weight excluding hydrogens is 470 g/mol. The minimum Gasteiger partial charge on any atom is -0.457 e. The number of nitrogens with one attached hydrogen (secondary N) is 1. The van der Waals surface area contributed by atoms with Crippen molar-refractivity contribution in [2.24, 2.45) is 0 Å². The summed E-state index contributed by atoms with van der Waals surface area (Å²) in [7, 11) is 0. The lowest BCUT2D eigenvalue weighted by Crippen LogP contribution is -2.48. The molecule has 2 fully saturated rings. The minimum atomic E-state index is -0.218. The van der Waals surface area contributed by atoms with Crippen LogP contribution in [0.3, 0.4) is 0 Å². The SMILES string of the molecule is CC(C)c1nc(N2C[C@@H]3NC(=O)CN(C4CC4)Cc4cccc(c4)Oc4cccc(c4)CO[C@H]3C2)no1. The molecule has 2 aromatic carbocycles. The van der Waals surface area contributed by atoms with Crippen LogP contribution in [0.5, 0.6) is 11.5 Å². The lowest BCUT2D eigenvalue weighted by Gasteiger charge is -2.25. The molecule has 0 spiro atoms. The van der Waals surface area contributed by atoms with Gasteiger partial charge in [-0.3, -0.25) is 9.69 Å². The Balaban J connectivity index is 1.27. The number of anilines is 1. The van der Waals surface area contributed by atoms with Gasteiger partial charge in [0.15, 0.2) is 0 Å². The molecule has 2 aliphatic heterocycles. The van der Waals surface area contributed by atoms with Gasteiger partial charge in [0, 0.05) is 31.6 Å². The first-order chi connectivity index (χ1) is 18.0. The second-order valence-corrected chi connectivity index (χ2v) is 10.5. The van der Waals surface area contributed by atoms with Crippen molar-refractivity contribution in [3.05, 3.63) is 65.5 Å². The fourth-order valence-corrected chi connectivity index (χ4v) is 5.01. The molecule has 1 saturated carbocycles. The number of fused-ring (bicyclic) bond motifs is 5. The van der Waals surface area contributed by atoms with Crippen molar-refractivity contribution < 1.29 is 18.8 Å². The van der Waals surface area contributed by atoms with E-state index in [1.54, 1.807) is 0 Å². The number of carbonyl (C=O) groups excluding carboxylic acids is 1. The quantitative estimate of drug-likeness (QED) is 0.576. The molecule has 37 heavy (non-hydrogen) atoms. The fourth-order valence-electron chi connectivity index (χ4n) is 5.01. The van der Waals surface area contributed by atoms with Crippen LogP contribution >= 0.6 is 0 Å². The van der Waals surface area contributed by atoms with Gasteiger partial charge in [0.05, 0.1) is 25.3 Å². The number of carbonyl (C=O) groups is 1. The van der Waals surface area contributed by atoms with Gasteiger partial charge < -0.3 is 24.2 Å². The largest absolute Gasteiger partial charge is 0.457 e. The Morgan fingerprint density at radius 2 is 1.76 bits per heavy atom. The monoisotopic (exact) mass is 503 g/mol. The number of benzene rings is 2. The van der Waals surface area contributed by atoms with Crippen LogP contribution in [0.25, 0.3) is 0 Å². The van der Waals surface area contributed by atoms with E-state index in [1.165, 1.54) is 0 Å². The number of rotatable bonds is 3. The van der Waals surface area contributed by atoms with E-state index in [2.05, 4.69) is 32.5 Å². The predicted molar refractivity (Wildman–Crippen MR) is 137 cm³/mol. The highest BCUT2D eigenvalue weighted by Crippen LogP contribution is 2.30. The molecule has 0 unspecified atom stereocenters. The van der Waals surface area contributed by atoms with Gasteiger partial charge in [-0.1, -0.05) is 38.1 Å². The summed E-state index contributed by atoms with van der Waals surface area (Å²) in [5.41, 5.74) is 2.14. The van der Waals surface area contributed by atoms with Crippen LogP contribution in [-0.2, 0) is 22.7 Å². The lowest BCUT2D eigenvalue weighted by molar-refractivity contribution is -0.124. The highest BCUT2D eigenvalue weighted by molar-refractivity contribution is 5.78. The summed E-state index contributed by atoms with van der Waals surface area (Å²) in [6.45, 7) is 6.61. The van der Waals surface area contributed by atoms with Crippen LogP contribution in [-0.4, -0.2) is 58.8 Å². The summed E-state index contributed by atoms with van der Waals surface area (Å²) in [4.78, 5) is 22.1. The fraction of sp³-hybridized carbons (Fsp3) is 0.464. The summed E-state index contributed by atoms with van der Waals surface area (Å²) in [6, 6.07) is 16.3. The zero-order chi connectivity index (χ0) is 25.4. The smallest absolute Gasteiger partial charge is 0.266 e. The number of hydrogen-bond acceptors (Lipinski definition) is 8. The molecule has 194 valence electrons. The predicted octanol–water partition coefficient (Wildman–Crippen LogP) is 3.85. The topological polar surface area (TPSA) is 93.0 Å². The molecule has 3 aromatic rings. The van der Waals surface area contributed by atoms with Crippen molar-refractivity contribution in [2.75, 3.05) is 24.5 Å². The molecule has 9 nitrogen and oxygen atoms in total. The van der Waals surface area contributed by atoms with E-state index < -0.39 is 0 Å². The Kier molecular flexibility index (Phi) is 6.56. The summed E-state index contributed by atoms with van der Waals surface area (Å²) in [6.07, 6.45) is 2.02. The van der Waals surface area contributed by atoms with E-state index in [9.17, 15) is 4.79 Å². The molecular formula is C28H33N5O4. The molecule has 3 aliphatic rings. The Labute approximate surface area is 216 Å². The molecule has 6 rings (SSSR count). The van der Waals surface area contributed by atoms with E-state index in [1.807, 2.05) is 55.1 Å². The minimum absolute atomic E-state index is 0.00447. The van der Waals surface area contributed by atoms with Crippen molar-refractivity contribution in [1.29, 1.82) is 0 Å². The summed E-state index contributed by atoms with van der Waals surface area (Å²) in [5, 5.41) is 7.44. The molecule has 0 radical (unpaired) electrons. The number of nitrogens with zero attached hydrogens (tertiary/aromatic N) is 4. The maximum absolute atomic E-state index is 13.3. The lowest BCUT2D eigenvalue weighted by atomic mass is 10.1. The first kappa shape index (κ1) is 23.9. The van der Waals surface area contributed by atoms with Crippen LogP contribution in [0.4, 0.5) is 5.95 Å². The number of ether oxygens (including phenoxy) is 2. The van der Waals surface area contributed by atoms with Gasteiger partial charge in [0.25, 0.3) is 5.95 Å². The average molecular weight is 504 g/mol. The van der Waals surface area contributed by atoms with Crippen LogP contribution < -0.4 is 15.0 Å². The molecule has 3 heterocycles. The molecule has 1 aliphatic carbocycles. The molecule has 1 N–H and O–H groups in total. The average Bonchev–Trinajstić information content (AvgIpc) is 3.46. The standard InChI is InChI=1S/C28H33N5O4/c1-18(2)27-30-28(31-37-27)33-14-24-25(15-33)35-17-20-6-4-8-23(12-20)36-22-7-3-5-19(11-22)13-32(21-9-10-21)16-26(34)29-24/h3-8,11-12,18,21,24-25H,9-10,13-17H2,1-2H3,(H,29,34)/t24-,25-/m0/s1. The summed E-state index contributed by atoms with van der Waals surface area (Å²) >= 11 is 0. The Bertz CT molecular complexity index is 1260. The molecule has 9 heteroatoms. The van der Waals surface area contributed by atoms with Crippen LogP contribution in [0.1, 0.15) is 49.6 Å². The third-order valence-electron chi connectivity index (χ3n) is 7.11. The molecule has 2 atom stereocenters. The van der Waals surface area contributed by atoms with Gasteiger partial charge >= 0.3 is 0 Å². The maximum atomic E-state index is 13.3. The van der Waals surface area contributed by atoms with Gasteiger partial charge in [0.2, 0.25) is 11.8 Å².